The van der Waals surface area contributed by atoms with Crippen LogP contribution < -0.4 is 5.32 Å². The highest BCUT2D eigenvalue weighted by molar-refractivity contribution is 8.15. The maximum atomic E-state index is 13.0. The second-order valence-corrected chi connectivity index (χ2v) is 10.4. The number of nitrogens with zero attached hydrogens (tertiary/aromatic N) is 4. The summed E-state index contributed by atoms with van der Waals surface area (Å²) in [6.07, 6.45) is 2.78. The van der Waals surface area contributed by atoms with Gasteiger partial charge in [-0.1, -0.05) is 30.0 Å². The Balaban J connectivity index is 1.27. The molecule has 9 nitrogen and oxygen atoms in total. The van der Waals surface area contributed by atoms with Gasteiger partial charge in [-0.05, 0) is 44.7 Å². The zero-order chi connectivity index (χ0) is 24.9. The Bertz CT molecular complexity index is 978. The quantitative estimate of drug-likeness (QED) is 0.603. The number of amidine groups is 1. The lowest BCUT2D eigenvalue weighted by atomic mass is 10.0. The summed E-state index contributed by atoms with van der Waals surface area (Å²) in [6.45, 7) is 6.74. The summed E-state index contributed by atoms with van der Waals surface area (Å²) >= 11 is 1.51. The third-order valence-electron chi connectivity index (χ3n) is 6.88. The lowest BCUT2D eigenvalue weighted by molar-refractivity contribution is -0.143. The first-order valence-corrected chi connectivity index (χ1v) is 13.3. The fraction of sp³-hybridized carbons (Fsp3) is 0.600. The summed E-state index contributed by atoms with van der Waals surface area (Å²) in [7, 11) is 1.73. The van der Waals surface area contributed by atoms with Crippen molar-refractivity contribution in [1.82, 2.24) is 14.7 Å². The van der Waals surface area contributed by atoms with Gasteiger partial charge in [0.05, 0.1) is 19.1 Å². The van der Waals surface area contributed by atoms with Crippen LogP contribution in [0.2, 0.25) is 0 Å². The third kappa shape index (κ3) is 5.91. The molecule has 3 heterocycles. The largest absolute Gasteiger partial charge is 0.466 e. The Labute approximate surface area is 211 Å². The second-order valence-electron chi connectivity index (χ2n) is 9.25. The Hall–Kier alpha value is -2.75. The van der Waals surface area contributed by atoms with E-state index in [1.54, 1.807) is 18.9 Å². The lowest BCUT2D eigenvalue weighted by Crippen LogP contribution is -2.49. The van der Waals surface area contributed by atoms with Crippen LogP contribution in [0.25, 0.3) is 0 Å². The van der Waals surface area contributed by atoms with Gasteiger partial charge in [-0.2, -0.15) is 0 Å². The molecule has 0 aromatic heterocycles. The van der Waals surface area contributed by atoms with Gasteiger partial charge >= 0.3 is 12.0 Å². The van der Waals surface area contributed by atoms with Gasteiger partial charge in [0.1, 0.15) is 5.25 Å². The zero-order valence-electron chi connectivity index (χ0n) is 20.7. The second kappa shape index (κ2) is 11.3. The molecule has 3 aliphatic rings. The van der Waals surface area contributed by atoms with E-state index in [1.807, 2.05) is 30.0 Å². The van der Waals surface area contributed by atoms with Gasteiger partial charge in [0.2, 0.25) is 5.91 Å². The number of hydrogen-bond donors (Lipinski definition) is 1. The summed E-state index contributed by atoms with van der Waals surface area (Å²) in [5.74, 6) is -0.303. The maximum Gasteiger partial charge on any atom is 0.322 e. The predicted molar refractivity (Wildman–Crippen MR) is 138 cm³/mol. The minimum Gasteiger partial charge on any atom is -0.466 e. The van der Waals surface area contributed by atoms with Gasteiger partial charge in [-0.25, -0.2) is 4.79 Å². The molecule has 0 saturated carbocycles. The van der Waals surface area contributed by atoms with E-state index >= 15 is 0 Å². The van der Waals surface area contributed by atoms with Gasteiger partial charge in [0.25, 0.3) is 0 Å². The van der Waals surface area contributed by atoms with Crippen LogP contribution in [-0.4, -0.2) is 94.9 Å². The van der Waals surface area contributed by atoms with E-state index in [-0.39, 0.29) is 41.7 Å². The molecule has 1 aromatic rings. The first-order valence-electron chi connectivity index (χ1n) is 12.4. The number of para-hydroxylation sites is 1. The number of ether oxygens (including phenoxy) is 1. The number of benzene rings is 1. The summed E-state index contributed by atoms with van der Waals surface area (Å²) < 4.78 is 4.96. The number of likely N-dealkylation sites (tertiary alicyclic amines) is 1. The number of hydrogen-bond acceptors (Lipinski definition) is 7. The Morgan fingerprint density at radius 2 is 1.97 bits per heavy atom. The van der Waals surface area contributed by atoms with Gasteiger partial charge in [0.15, 0.2) is 5.17 Å². The van der Waals surface area contributed by atoms with Crippen LogP contribution >= 0.6 is 11.8 Å². The molecule has 10 heteroatoms. The molecule has 0 aliphatic carbocycles. The van der Waals surface area contributed by atoms with Crippen molar-refractivity contribution in [3.05, 3.63) is 29.8 Å². The molecule has 1 N–H and O–H groups in total. The topological polar surface area (TPSA) is 94.5 Å². The predicted octanol–water partition coefficient (Wildman–Crippen LogP) is 2.81. The Morgan fingerprint density at radius 1 is 1.23 bits per heavy atom. The highest BCUT2D eigenvalue weighted by atomic mass is 32.2. The third-order valence-corrected chi connectivity index (χ3v) is 8.30. The van der Waals surface area contributed by atoms with Crippen LogP contribution in [0.1, 0.15) is 38.7 Å². The molecule has 35 heavy (non-hydrogen) atoms. The molecule has 0 radical (unpaired) electrons. The van der Waals surface area contributed by atoms with Gasteiger partial charge in [-0.15, -0.1) is 0 Å². The monoisotopic (exact) mass is 501 g/mol. The molecule has 3 amide bonds. The minimum absolute atomic E-state index is 0.0127. The molecule has 3 aliphatic heterocycles. The van der Waals surface area contributed by atoms with E-state index in [1.165, 1.54) is 17.3 Å². The van der Waals surface area contributed by atoms with Crippen molar-refractivity contribution in [2.45, 2.75) is 56.9 Å². The highest BCUT2D eigenvalue weighted by Crippen LogP contribution is 2.32. The van der Waals surface area contributed by atoms with Crippen LogP contribution in [0, 0.1) is 0 Å². The van der Waals surface area contributed by atoms with Crippen LogP contribution in [0.4, 0.5) is 10.5 Å². The number of carbonyl (C=O) groups excluding carboxylic acids is 3. The average molecular weight is 502 g/mol. The van der Waals surface area contributed by atoms with Crippen LogP contribution in [-0.2, 0) is 20.7 Å². The van der Waals surface area contributed by atoms with Crippen LogP contribution in [0.5, 0.6) is 0 Å². The number of nitrogens with one attached hydrogen (secondary N) is 1. The number of fused-ring (bicyclic) bond motifs is 1. The van der Waals surface area contributed by atoms with Gasteiger partial charge in [-0.3, -0.25) is 14.6 Å². The van der Waals surface area contributed by atoms with Crippen molar-refractivity contribution < 1.29 is 19.1 Å². The first kappa shape index (κ1) is 25.3. The molecule has 2 atom stereocenters. The molecule has 1 aromatic carbocycles. The molecule has 1 saturated heterocycles. The van der Waals surface area contributed by atoms with Crippen molar-refractivity contribution in [2.24, 2.45) is 4.99 Å². The van der Waals surface area contributed by atoms with Crippen molar-refractivity contribution in [1.29, 1.82) is 0 Å². The van der Waals surface area contributed by atoms with Gasteiger partial charge < -0.3 is 24.8 Å². The van der Waals surface area contributed by atoms with E-state index in [2.05, 4.69) is 16.3 Å². The molecular formula is C25H35N5O4S. The number of piperidine rings is 1. The smallest absolute Gasteiger partial charge is 0.322 e. The molecular weight excluding hydrogens is 466 g/mol. The molecule has 1 fully saturated rings. The standard InChI is InChI=1S/C25H35N5O4S/c1-4-34-21(31)12-13-28(3)23(32)22-17(2)26-25(35-22)29-14-10-19(11-15-29)30-16-9-18-7-5-6-8-20(18)27-24(30)33/h5-8,17,19,22H,4,9-16H2,1-3H3,(H,27,33). The van der Waals surface area contributed by atoms with Crippen molar-refractivity contribution >= 4 is 40.5 Å². The molecule has 0 bridgehead atoms. The molecule has 190 valence electrons. The van der Waals surface area contributed by atoms with Crippen LogP contribution in [0.15, 0.2) is 29.3 Å². The summed E-state index contributed by atoms with van der Waals surface area (Å²) in [4.78, 5) is 48.1. The van der Waals surface area contributed by atoms with Gasteiger partial charge in [0, 0.05) is 45.0 Å². The number of anilines is 1. The number of esters is 1. The normalized spacial score (nSPS) is 22.7. The van der Waals surface area contributed by atoms with E-state index in [4.69, 9.17) is 9.73 Å². The van der Waals surface area contributed by atoms with E-state index < -0.39 is 0 Å². The first-order chi connectivity index (χ1) is 16.9. The van der Waals surface area contributed by atoms with E-state index in [0.29, 0.717) is 13.2 Å². The van der Waals surface area contributed by atoms with E-state index in [9.17, 15) is 14.4 Å². The number of rotatable bonds is 6. The molecule has 2 unspecified atom stereocenters. The Kier molecular flexibility index (Phi) is 8.20. The van der Waals surface area contributed by atoms with E-state index in [0.717, 1.165) is 49.8 Å². The lowest BCUT2D eigenvalue weighted by Gasteiger charge is -2.38. The van der Waals surface area contributed by atoms with Crippen molar-refractivity contribution in [3.8, 4) is 0 Å². The SMILES string of the molecule is CCOC(=O)CCN(C)C(=O)C1SC(N2CCC(N3CCc4ccccc4NC3=O)CC2)=NC1C. The van der Waals surface area contributed by atoms with Crippen molar-refractivity contribution in [2.75, 3.05) is 45.2 Å². The molecule has 4 rings (SSSR count). The fourth-order valence-electron chi connectivity index (χ4n) is 4.82. The Morgan fingerprint density at radius 3 is 2.71 bits per heavy atom. The summed E-state index contributed by atoms with van der Waals surface area (Å²) in [5.41, 5.74) is 2.08. The number of aliphatic imine (C=N–C) groups is 1. The number of carbonyl (C=O) groups is 3. The average Bonchev–Trinajstić information content (AvgIpc) is 3.16. The number of thioether (sulfide) groups is 1. The number of amides is 3. The molecule has 0 spiro atoms. The summed E-state index contributed by atoms with van der Waals surface area (Å²) in [6, 6.07) is 8.04. The zero-order valence-corrected chi connectivity index (χ0v) is 21.6. The van der Waals surface area contributed by atoms with Crippen molar-refractivity contribution in [3.63, 3.8) is 0 Å². The van der Waals surface area contributed by atoms with Crippen LogP contribution in [0.3, 0.4) is 0 Å². The maximum absolute atomic E-state index is 13.0. The fourth-order valence-corrected chi connectivity index (χ4v) is 6.15. The number of urea groups is 1. The minimum atomic E-state index is -0.291. The highest BCUT2D eigenvalue weighted by Gasteiger charge is 2.38. The summed E-state index contributed by atoms with van der Waals surface area (Å²) in [5, 5.41) is 3.69.